The smallest absolute Gasteiger partial charge is 0.268 e. The van der Waals surface area contributed by atoms with Crippen LogP contribution in [0.4, 0.5) is 0 Å². The van der Waals surface area contributed by atoms with E-state index in [0.717, 1.165) is 39.0 Å². The number of fused-ring (bicyclic) bond motifs is 3. The van der Waals surface area contributed by atoms with Gasteiger partial charge in [-0.2, -0.15) is 12.1 Å². The number of aromatic nitrogens is 5. The molecule has 0 N–H and O–H groups in total. The van der Waals surface area contributed by atoms with Crippen molar-refractivity contribution in [3.8, 4) is 28.8 Å². The maximum absolute atomic E-state index is 6.63. The van der Waals surface area contributed by atoms with E-state index in [1.807, 2.05) is 39.9 Å². The molecule has 54 heavy (non-hydrogen) atoms. The summed E-state index contributed by atoms with van der Waals surface area (Å²) in [6.45, 7) is 26.7. The molecule has 7 aromatic rings. The van der Waals surface area contributed by atoms with E-state index in [4.69, 9.17) is 14.7 Å². The Morgan fingerprint density at radius 1 is 0.648 bits per heavy atom. The molecule has 0 saturated carbocycles. The number of pyridine rings is 2. The van der Waals surface area contributed by atoms with Crippen LogP contribution in [0.3, 0.4) is 0 Å². The minimum Gasteiger partial charge on any atom is -0.522 e. The molecule has 0 radical (unpaired) electrons. The van der Waals surface area contributed by atoms with E-state index in [1.54, 1.807) is 0 Å². The van der Waals surface area contributed by atoms with Gasteiger partial charge in [-0.25, -0.2) is 4.98 Å². The van der Waals surface area contributed by atoms with Crippen molar-refractivity contribution in [2.24, 2.45) is 0 Å². The van der Waals surface area contributed by atoms with Gasteiger partial charge in [0.05, 0.1) is 11.5 Å². The van der Waals surface area contributed by atoms with Crippen LogP contribution in [0.5, 0.6) is 11.5 Å². The molecular formula is C47H51N5OPt-2. The second-order valence-corrected chi connectivity index (χ2v) is 18.3. The second kappa shape index (κ2) is 13.9. The zero-order valence-electron chi connectivity index (χ0n) is 33.6. The van der Waals surface area contributed by atoms with Crippen molar-refractivity contribution in [3.05, 3.63) is 132 Å². The Labute approximate surface area is 335 Å². The standard InChI is InChI=1S/C47H51N5O.Pt/c1-44(2,3)31-19-20-48-42(26-31)52-39-16-14-13-15-37(39)38-18-17-35(27-40(38)52)53-36-28-41(47(10,11)12)49-43(29-36)51-22-21-50(30-51)34-24-32(45(4,5)6)23-33(25-34)46(7,8)9;/h13-26,28H,1-12H3;/q-2;. The largest absolute Gasteiger partial charge is 0.522 e. The number of imidazole rings is 1. The minimum atomic E-state index is -0.239. The van der Waals surface area contributed by atoms with Crippen molar-refractivity contribution in [1.82, 2.24) is 19.1 Å². The normalized spacial score (nSPS) is 12.7. The van der Waals surface area contributed by atoms with Crippen molar-refractivity contribution >= 4 is 21.8 Å². The van der Waals surface area contributed by atoms with Gasteiger partial charge < -0.3 is 9.30 Å². The molecule has 3 aromatic carbocycles. The predicted molar refractivity (Wildman–Crippen MR) is 215 cm³/mol. The monoisotopic (exact) mass is 896 g/mol. The molecule has 6 nitrogen and oxygen atoms in total. The summed E-state index contributed by atoms with van der Waals surface area (Å²) < 4.78 is 12.7. The van der Waals surface area contributed by atoms with Crippen molar-refractivity contribution in [1.29, 1.82) is 0 Å². The van der Waals surface area contributed by atoms with Crippen LogP contribution >= 0.6 is 0 Å². The molecule has 0 unspecified atom stereocenters. The molecule has 0 atom stereocenters. The topological polar surface area (TPSA) is 48.8 Å². The van der Waals surface area contributed by atoms with Crippen LogP contribution in [0.2, 0.25) is 0 Å². The minimum absolute atomic E-state index is 0. The van der Waals surface area contributed by atoms with E-state index in [-0.39, 0.29) is 42.7 Å². The van der Waals surface area contributed by atoms with Gasteiger partial charge in [-0.05, 0) is 85.5 Å². The van der Waals surface area contributed by atoms with Gasteiger partial charge >= 0.3 is 0 Å². The number of ether oxygens (including phenoxy) is 1. The number of benzene rings is 3. The first-order valence-corrected chi connectivity index (χ1v) is 18.5. The predicted octanol–water partition coefficient (Wildman–Crippen LogP) is 11.0. The van der Waals surface area contributed by atoms with Gasteiger partial charge in [-0.3, -0.25) is 14.1 Å². The summed E-state index contributed by atoms with van der Waals surface area (Å²) in [5.41, 5.74) is 7.46. The summed E-state index contributed by atoms with van der Waals surface area (Å²) in [6.07, 6.45) is 9.41. The van der Waals surface area contributed by atoms with E-state index in [0.29, 0.717) is 17.3 Å². The van der Waals surface area contributed by atoms with Crippen LogP contribution in [-0.2, 0) is 42.7 Å². The summed E-state index contributed by atoms with van der Waals surface area (Å²) in [5.74, 6) is 2.60. The SMILES string of the molecule is CC(C)(C)c1cc(-[n+]2[c-]n(-c3[c-]c(Oc4[c-]c5c(cc4)c4ccccc4n5-c4cc(C(C)(C)C)ccn4)cc(C(C)(C)C)n3)cc2)cc(C(C)(C)C)c1.[Pt]. The zero-order chi connectivity index (χ0) is 38.1. The number of nitrogens with zero attached hydrogens (tertiary/aromatic N) is 5. The van der Waals surface area contributed by atoms with Gasteiger partial charge in [0.25, 0.3) is 6.33 Å². The molecule has 4 heterocycles. The quantitative estimate of drug-likeness (QED) is 0.128. The van der Waals surface area contributed by atoms with Gasteiger partial charge in [0, 0.05) is 50.9 Å². The third-order valence-corrected chi connectivity index (χ3v) is 9.85. The van der Waals surface area contributed by atoms with Crippen LogP contribution in [0.25, 0.3) is 39.1 Å². The number of hydrogen-bond acceptors (Lipinski definition) is 3. The van der Waals surface area contributed by atoms with Crippen molar-refractivity contribution in [2.45, 2.75) is 105 Å². The summed E-state index contributed by atoms with van der Waals surface area (Å²) in [7, 11) is 0. The Morgan fingerprint density at radius 3 is 1.96 bits per heavy atom. The molecule has 7 heteroatoms. The Balaban J connectivity index is 0.00000497. The van der Waals surface area contributed by atoms with Crippen molar-refractivity contribution in [3.63, 3.8) is 0 Å². The first kappa shape index (κ1) is 39.2. The Kier molecular flexibility index (Phi) is 10.1. The molecule has 0 aliphatic carbocycles. The molecule has 0 saturated heterocycles. The van der Waals surface area contributed by atoms with Crippen molar-refractivity contribution < 1.29 is 30.4 Å². The van der Waals surface area contributed by atoms with E-state index < -0.39 is 0 Å². The summed E-state index contributed by atoms with van der Waals surface area (Å²) in [5, 5.41) is 2.22. The van der Waals surface area contributed by atoms with E-state index >= 15 is 0 Å². The first-order chi connectivity index (χ1) is 24.8. The molecular weight excluding hydrogens is 846 g/mol. The van der Waals surface area contributed by atoms with E-state index in [1.165, 1.54) is 16.7 Å². The fourth-order valence-electron chi connectivity index (χ4n) is 6.49. The summed E-state index contributed by atoms with van der Waals surface area (Å²) in [4.78, 5) is 9.89. The molecule has 0 amide bonds. The molecule has 282 valence electrons. The summed E-state index contributed by atoms with van der Waals surface area (Å²) >= 11 is 0. The molecule has 0 aliphatic rings. The van der Waals surface area contributed by atoms with Crippen LogP contribution < -0.4 is 9.30 Å². The van der Waals surface area contributed by atoms with E-state index in [9.17, 15) is 0 Å². The van der Waals surface area contributed by atoms with Crippen LogP contribution in [0.15, 0.2) is 91.4 Å². The second-order valence-electron chi connectivity index (χ2n) is 18.3. The maximum atomic E-state index is 6.63. The van der Waals surface area contributed by atoms with Crippen LogP contribution in [0, 0.1) is 18.5 Å². The van der Waals surface area contributed by atoms with Gasteiger partial charge in [-0.1, -0.05) is 113 Å². The van der Waals surface area contributed by atoms with Gasteiger partial charge in [0.15, 0.2) is 0 Å². The van der Waals surface area contributed by atoms with Crippen LogP contribution in [-0.4, -0.2) is 19.1 Å². The van der Waals surface area contributed by atoms with Gasteiger partial charge in [0.2, 0.25) is 0 Å². The molecule has 0 spiro atoms. The molecule has 0 bridgehead atoms. The Bertz CT molecular complexity index is 2450. The van der Waals surface area contributed by atoms with Gasteiger partial charge in [0.1, 0.15) is 5.82 Å². The fourth-order valence-corrected chi connectivity index (χ4v) is 6.49. The molecule has 0 aliphatic heterocycles. The average Bonchev–Trinajstić information content (AvgIpc) is 3.70. The summed E-state index contributed by atoms with van der Waals surface area (Å²) in [6, 6.07) is 32.7. The number of rotatable bonds is 5. The fraction of sp³-hybridized carbons (Fsp3) is 0.340. The van der Waals surface area contributed by atoms with Crippen LogP contribution in [0.1, 0.15) is 105 Å². The first-order valence-electron chi connectivity index (χ1n) is 18.5. The maximum Gasteiger partial charge on any atom is 0.268 e. The third kappa shape index (κ3) is 7.82. The molecule has 7 rings (SSSR count). The number of para-hydroxylation sites is 1. The van der Waals surface area contributed by atoms with Gasteiger partial charge in [-0.15, -0.1) is 23.6 Å². The number of hydrogen-bond donors (Lipinski definition) is 0. The molecule has 0 fully saturated rings. The Hall–Kier alpha value is -4.54. The third-order valence-electron chi connectivity index (χ3n) is 9.85. The zero-order valence-corrected chi connectivity index (χ0v) is 35.9. The molecule has 4 aromatic heterocycles. The average molecular weight is 897 g/mol. The van der Waals surface area contributed by atoms with Crippen molar-refractivity contribution in [2.75, 3.05) is 0 Å². The van der Waals surface area contributed by atoms with E-state index in [2.05, 4.69) is 167 Å². The Morgan fingerprint density at radius 2 is 1.31 bits per heavy atom.